The van der Waals surface area contributed by atoms with Crippen molar-refractivity contribution in [1.29, 1.82) is 0 Å². The summed E-state index contributed by atoms with van der Waals surface area (Å²) in [6.07, 6.45) is 4.06. The smallest absolute Gasteiger partial charge is 0.315 e. The molecule has 0 saturated heterocycles. The van der Waals surface area contributed by atoms with Gasteiger partial charge in [0.25, 0.3) is 0 Å². The van der Waals surface area contributed by atoms with Crippen LogP contribution in [0.15, 0.2) is 54.6 Å². The van der Waals surface area contributed by atoms with Crippen LogP contribution in [0.25, 0.3) is 6.08 Å². The van der Waals surface area contributed by atoms with Crippen molar-refractivity contribution in [3.8, 4) is 11.8 Å². The van der Waals surface area contributed by atoms with Crippen LogP contribution in [-0.4, -0.2) is 11.6 Å². The van der Waals surface area contributed by atoms with Crippen molar-refractivity contribution in [3.63, 3.8) is 0 Å². The van der Waals surface area contributed by atoms with Gasteiger partial charge < -0.3 is 10.6 Å². The summed E-state index contributed by atoms with van der Waals surface area (Å²) < 4.78 is 0. The van der Waals surface area contributed by atoms with Gasteiger partial charge in [0.15, 0.2) is 0 Å². The summed E-state index contributed by atoms with van der Waals surface area (Å²) in [6, 6.07) is 15.8. The molecule has 2 aromatic rings. The molecular formula is C23H30N2O. The average molecular weight is 351 g/mol. The van der Waals surface area contributed by atoms with E-state index in [1.165, 1.54) is 0 Å². The average Bonchev–Trinajstić information content (AvgIpc) is 2.59. The highest BCUT2D eigenvalue weighted by Gasteiger charge is 2.13. The zero-order valence-corrected chi connectivity index (χ0v) is 15.9. The summed E-state index contributed by atoms with van der Waals surface area (Å²) in [7, 11) is 0. The molecule has 0 spiro atoms. The van der Waals surface area contributed by atoms with Gasteiger partial charge in [-0.25, -0.2) is 4.79 Å². The van der Waals surface area contributed by atoms with Crippen LogP contribution in [-0.2, 0) is 6.54 Å². The van der Waals surface area contributed by atoms with E-state index >= 15 is 0 Å². The summed E-state index contributed by atoms with van der Waals surface area (Å²) in [5, 5.41) is 5.79. The van der Waals surface area contributed by atoms with Gasteiger partial charge in [0.2, 0.25) is 0 Å². The minimum atomic E-state index is -0.264. The van der Waals surface area contributed by atoms with E-state index < -0.39 is 0 Å². The molecular weight excluding hydrogens is 320 g/mol. The molecule has 0 aromatic heterocycles. The number of allylic oxidation sites excluding steroid dienone is 1. The van der Waals surface area contributed by atoms with E-state index in [1.54, 1.807) is 0 Å². The van der Waals surface area contributed by atoms with E-state index in [0.717, 1.165) is 22.3 Å². The topological polar surface area (TPSA) is 41.1 Å². The Morgan fingerprint density at radius 2 is 1.65 bits per heavy atom. The maximum atomic E-state index is 12.0. The predicted octanol–water partition coefficient (Wildman–Crippen LogP) is 5.21. The molecule has 0 fully saturated rings. The third-order valence-corrected chi connectivity index (χ3v) is 3.58. The molecule has 0 atom stereocenters. The first kappa shape index (κ1) is 19.3. The minimum Gasteiger partial charge on any atom is -0.334 e. The van der Waals surface area contributed by atoms with E-state index in [4.69, 9.17) is 0 Å². The number of amides is 2. The predicted molar refractivity (Wildman–Crippen MR) is 113 cm³/mol. The van der Waals surface area contributed by atoms with Gasteiger partial charge in [-0.05, 0) is 51.0 Å². The maximum absolute atomic E-state index is 12.0. The first-order valence-corrected chi connectivity index (χ1v) is 8.77. The van der Waals surface area contributed by atoms with Gasteiger partial charge >= 0.3 is 6.03 Å². The molecule has 3 heteroatoms. The van der Waals surface area contributed by atoms with Gasteiger partial charge in [-0.3, -0.25) is 0 Å². The fourth-order valence-electron chi connectivity index (χ4n) is 2.43. The van der Waals surface area contributed by atoms with Crippen LogP contribution in [0.5, 0.6) is 0 Å². The molecule has 0 unspecified atom stereocenters. The van der Waals surface area contributed by atoms with E-state index in [0.29, 0.717) is 6.54 Å². The summed E-state index contributed by atoms with van der Waals surface area (Å²) in [4.78, 5) is 12.0. The highest BCUT2D eigenvalue weighted by molar-refractivity contribution is 5.74. The number of hydrogen-bond donors (Lipinski definition) is 2. The SMILES string of the molecule is C/C=C\c1ccccc1C#Cc1ccccc1CNC(=O)NC(C)(C)C.[HH].[HH]. The molecule has 3 nitrogen and oxygen atoms in total. The molecule has 0 aliphatic heterocycles. The second kappa shape index (κ2) is 8.92. The van der Waals surface area contributed by atoms with Crippen molar-refractivity contribution in [2.75, 3.05) is 0 Å². The molecule has 138 valence electrons. The number of carbonyl (C=O) groups excluding carboxylic acids is 1. The van der Waals surface area contributed by atoms with Crippen LogP contribution in [0.2, 0.25) is 0 Å². The maximum Gasteiger partial charge on any atom is 0.315 e. The fraction of sp³-hybridized carbons (Fsp3) is 0.261. The van der Waals surface area contributed by atoms with Crippen LogP contribution >= 0.6 is 0 Å². The molecule has 0 saturated carbocycles. The number of benzene rings is 2. The lowest BCUT2D eigenvalue weighted by Gasteiger charge is -2.20. The molecule has 0 radical (unpaired) electrons. The Bertz CT molecular complexity index is 859. The Morgan fingerprint density at radius 1 is 1.04 bits per heavy atom. The summed E-state index contributed by atoms with van der Waals surface area (Å²) in [5.74, 6) is 6.50. The Balaban J connectivity index is 0.00000364. The molecule has 2 rings (SSSR count). The molecule has 0 aliphatic carbocycles. The van der Waals surface area contributed by atoms with Gasteiger partial charge in [-0.15, -0.1) is 0 Å². The number of hydrogen-bond acceptors (Lipinski definition) is 1. The van der Waals surface area contributed by atoms with Crippen molar-refractivity contribution < 1.29 is 7.65 Å². The van der Waals surface area contributed by atoms with E-state index in [1.807, 2.05) is 88.4 Å². The lowest BCUT2D eigenvalue weighted by molar-refractivity contribution is 0.231. The van der Waals surface area contributed by atoms with Gasteiger partial charge in [-0.1, -0.05) is 60.4 Å². The van der Waals surface area contributed by atoms with Crippen LogP contribution < -0.4 is 10.6 Å². The van der Waals surface area contributed by atoms with Crippen molar-refractivity contribution in [1.82, 2.24) is 10.6 Å². The second-order valence-electron chi connectivity index (χ2n) is 7.05. The summed E-state index contributed by atoms with van der Waals surface area (Å²) >= 11 is 0. The third-order valence-electron chi connectivity index (χ3n) is 3.58. The fourth-order valence-corrected chi connectivity index (χ4v) is 2.43. The van der Waals surface area contributed by atoms with E-state index in [9.17, 15) is 4.79 Å². The van der Waals surface area contributed by atoms with Crippen LogP contribution in [0.1, 0.15) is 52.8 Å². The Morgan fingerprint density at radius 3 is 2.35 bits per heavy atom. The number of urea groups is 1. The van der Waals surface area contributed by atoms with Gasteiger partial charge in [0.05, 0.1) is 0 Å². The number of carbonyl (C=O) groups is 1. The molecule has 2 amide bonds. The van der Waals surface area contributed by atoms with E-state index in [2.05, 4.69) is 22.5 Å². The van der Waals surface area contributed by atoms with Gasteiger partial charge in [0, 0.05) is 26.1 Å². The zero-order valence-electron chi connectivity index (χ0n) is 15.9. The number of nitrogens with one attached hydrogen (secondary N) is 2. The monoisotopic (exact) mass is 350 g/mol. The molecule has 0 bridgehead atoms. The Hall–Kier alpha value is -2.99. The first-order valence-electron chi connectivity index (χ1n) is 8.77. The van der Waals surface area contributed by atoms with Crippen molar-refractivity contribution in [2.45, 2.75) is 39.8 Å². The normalized spacial score (nSPS) is 10.9. The lowest BCUT2D eigenvalue weighted by Crippen LogP contribution is -2.46. The summed E-state index contributed by atoms with van der Waals surface area (Å²) in [5.41, 5.74) is 3.73. The summed E-state index contributed by atoms with van der Waals surface area (Å²) in [6.45, 7) is 8.29. The van der Waals surface area contributed by atoms with Crippen LogP contribution in [0.3, 0.4) is 0 Å². The molecule has 0 aliphatic rings. The zero-order chi connectivity index (χ0) is 19.0. The molecule has 0 heterocycles. The van der Waals surface area contributed by atoms with E-state index in [-0.39, 0.29) is 14.4 Å². The Labute approximate surface area is 159 Å². The van der Waals surface area contributed by atoms with Crippen LogP contribution in [0.4, 0.5) is 4.79 Å². The van der Waals surface area contributed by atoms with Crippen molar-refractivity contribution in [3.05, 3.63) is 76.9 Å². The van der Waals surface area contributed by atoms with Gasteiger partial charge in [-0.2, -0.15) is 0 Å². The number of rotatable bonds is 3. The molecule has 26 heavy (non-hydrogen) atoms. The first-order chi connectivity index (χ1) is 12.4. The highest BCUT2D eigenvalue weighted by atomic mass is 16.2. The second-order valence-corrected chi connectivity index (χ2v) is 7.05. The van der Waals surface area contributed by atoms with Crippen molar-refractivity contribution in [2.24, 2.45) is 0 Å². The quantitative estimate of drug-likeness (QED) is 0.733. The lowest BCUT2D eigenvalue weighted by atomic mass is 10.0. The minimum absolute atomic E-state index is 0. The molecule has 2 N–H and O–H groups in total. The van der Waals surface area contributed by atoms with Gasteiger partial charge in [0.1, 0.15) is 0 Å². The molecule has 2 aromatic carbocycles. The standard InChI is InChI=1S/C23H26N2O.2H2/c1-5-10-18-11-6-7-12-19(18)15-16-20-13-8-9-14-21(20)17-24-22(26)25-23(2,3)4;;/h5-14H,17H2,1-4H3,(H2,24,25,26);2*1H/b10-5-;;. The highest BCUT2D eigenvalue weighted by Crippen LogP contribution is 2.11. The van der Waals surface area contributed by atoms with Crippen LogP contribution in [0, 0.1) is 11.8 Å². The Kier molecular flexibility index (Phi) is 6.63. The largest absolute Gasteiger partial charge is 0.334 e. The third kappa shape index (κ3) is 6.14. The van der Waals surface area contributed by atoms with Crippen molar-refractivity contribution >= 4 is 12.1 Å².